The number of alkyl halides is 2. The fourth-order valence-corrected chi connectivity index (χ4v) is 2.43. The van der Waals surface area contributed by atoms with Crippen molar-refractivity contribution in [2.45, 2.75) is 45.1 Å². The van der Waals surface area contributed by atoms with Crippen molar-refractivity contribution < 1.29 is 8.78 Å². The second-order valence-corrected chi connectivity index (χ2v) is 5.41. The van der Waals surface area contributed by atoms with Crippen LogP contribution >= 0.6 is 15.9 Å². The highest BCUT2D eigenvalue weighted by Gasteiger charge is 2.35. The van der Waals surface area contributed by atoms with Gasteiger partial charge in [-0.05, 0) is 41.6 Å². The van der Waals surface area contributed by atoms with Crippen LogP contribution in [0, 0.1) is 12.8 Å². The van der Waals surface area contributed by atoms with Gasteiger partial charge in [0.1, 0.15) is 0 Å². The first-order valence-electron chi connectivity index (χ1n) is 5.54. The quantitative estimate of drug-likeness (QED) is 0.811. The molecule has 0 radical (unpaired) electrons. The molecule has 2 rings (SSSR count). The minimum Gasteiger partial charge on any atom is -0.268 e. The first-order chi connectivity index (χ1) is 7.48. The van der Waals surface area contributed by atoms with Crippen molar-refractivity contribution >= 4 is 15.9 Å². The Morgan fingerprint density at radius 2 is 2.12 bits per heavy atom. The van der Waals surface area contributed by atoms with Crippen LogP contribution in [0.5, 0.6) is 0 Å². The molecule has 90 valence electrons. The van der Waals surface area contributed by atoms with Crippen LogP contribution in [0.1, 0.15) is 31.4 Å². The third kappa shape index (κ3) is 2.62. The standard InChI is InChI=1S/C11H15BrF2N2/c1-8-10(12)6-15-16(8)7-9-2-4-11(13,14)5-3-9/h6,9H,2-5,7H2,1H3. The van der Waals surface area contributed by atoms with Gasteiger partial charge in [-0.3, -0.25) is 4.68 Å². The molecule has 0 N–H and O–H groups in total. The maximum atomic E-state index is 13.0. The number of halogens is 3. The summed E-state index contributed by atoms with van der Waals surface area (Å²) in [6.07, 6.45) is 3.01. The molecule has 2 nitrogen and oxygen atoms in total. The normalized spacial score (nSPS) is 21.2. The lowest BCUT2D eigenvalue weighted by Crippen LogP contribution is -2.27. The zero-order valence-corrected chi connectivity index (χ0v) is 10.8. The fraction of sp³-hybridized carbons (Fsp3) is 0.727. The highest BCUT2D eigenvalue weighted by Crippen LogP contribution is 2.36. The van der Waals surface area contributed by atoms with Gasteiger partial charge in [0, 0.05) is 25.1 Å². The van der Waals surface area contributed by atoms with Gasteiger partial charge in [0.05, 0.1) is 10.7 Å². The molecule has 1 saturated carbocycles. The molecular formula is C11H15BrF2N2. The molecule has 0 aromatic carbocycles. The Balaban J connectivity index is 1.94. The maximum Gasteiger partial charge on any atom is 0.248 e. The molecular weight excluding hydrogens is 278 g/mol. The first-order valence-corrected chi connectivity index (χ1v) is 6.33. The van der Waals surface area contributed by atoms with E-state index < -0.39 is 5.92 Å². The second-order valence-electron chi connectivity index (χ2n) is 4.56. The van der Waals surface area contributed by atoms with Gasteiger partial charge >= 0.3 is 0 Å². The van der Waals surface area contributed by atoms with Crippen molar-refractivity contribution in [3.8, 4) is 0 Å². The molecule has 1 fully saturated rings. The van der Waals surface area contributed by atoms with Gasteiger partial charge in [0.15, 0.2) is 0 Å². The molecule has 0 amide bonds. The third-order valence-electron chi connectivity index (χ3n) is 3.31. The minimum atomic E-state index is -2.43. The Morgan fingerprint density at radius 1 is 1.50 bits per heavy atom. The summed E-state index contributed by atoms with van der Waals surface area (Å²) < 4.78 is 28.8. The number of hydrogen-bond donors (Lipinski definition) is 0. The highest BCUT2D eigenvalue weighted by molar-refractivity contribution is 9.10. The Hall–Kier alpha value is -0.450. The van der Waals surface area contributed by atoms with Crippen LogP contribution in [0.2, 0.25) is 0 Å². The number of nitrogens with zero attached hydrogens (tertiary/aromatic N) is 2. The van der Waals surface area contributed by atoms with Crippen LogP contribution in [-0.2, 0) is 6.54 Å². The van der Waals surface area contributed by atoms with Gasteiger partial charge in [-0.25, -0.2) is 8.78 Å². The summed E-state index contributed by atoms with van der Waals surface area (Å²) in [5.41, 5.74) is 1.07. The molecule has 1 aromatic heterocycles. The summed E-state index contributed by atoms with van der Waals surface area (Å²) in [6, 6.07) is 0. The third-order valence-corrected chi connectivity index (χ3v) is 4.09. The Morgan fingerprint density at radius 3 is 2.62 bits per heavy atom. The van der Waals surface area contributed by atoms with Crippen molar-refractivity contribution in [2.24, 2.45) is 5.92 Å². The zero-order valence-electron chi connectivity index (χ0n) is 9.22. The summed E-state index contributed by atoms with van der Waals surface area (Å²) in [4.78, 5) is 0. The molecule has 0 saturated heterocycles. The smallest absolute Gasteiger partial charge is 0.248 e. The topological polar surface area (TPSA) is 17.8 Å². The Labute approximate surface area is 102 Å². The van der Waals surface area contributed by atoms with Gasteiger partial charge in [0.25, 0.3) is 0 Å². The Bertz CT molecular complexity index is 366. The first kappa shape index (κ1) is 12.0. The van der Waals surface area contributed by atoms with E-state index in [-0.39, 0.29) is 12.8 Å². The van der Waals surface area contributed by atoms with Gasteiger partial charge in [0.2, 0.25) is 5.92 Å². The van der Waals surface area contributed by atoms with Crippen LogP contribution in [0.15, 0.2) is 10.7 Å². The summed E-state index contributed by atoms with van der Waals surface area (Å²) in [5.74, 6) is -2.10. The van der Waals surface area contributed by atoms with Crippen molar-refractivity contribution in [1.29, 1.82) is 0 Å². The number of rotatable bonds is 2. The molecule has 0 unspecified atom stereocenters. The summed E-state index contributed by atoms with van der Waals surface area (Å²) >= 11 is 3.40. The molecule has 0 spiro atoms. The monoisotopic (exact) mass is 292 g/mol. The maximum absolute atomic E-state index is 13.0. The van der Waals surface area contributed by atoms with E-state index in [1.54, 1.807) is 6.20 Å². The van der Waals surface area contributed by atoms with Crippen molar-refractivity contribution in [1.82, 2.24) is 9.78 Å². The van der Waals surface area contributed by atoms with E-state index in [1.807, 2.05) is 11.6 Å². The van der Waals surface area contributed by atoms with E-state index in [1.165, 1.54) is 0 Å². The van der Waals surface area contributed by atoms with E-state index in [2.05, 4.69) is 21.0 Å². The average molecular weight is 293 g/mol. The van der Waals surface area contributed by atoms with Crippen LogP contribution in [0.4, 0.5) is 8.78 Å². The fourth-order valence-electron chi connectivity index (χ4n) is 2.13. The molecule has 1 aromatic rings. The van der Waals surface area contributed by atoms with E-state index in [0.717, 1.165) is 16.7 Å². The Kier molecular flexibility index (Phi) is 3.33. The lowest BCUT2D eigenvalue weighted by molar-refractivity contribution is -0.0476. The van der Waals surface area contributed by atoms with E-state index in [0.29, 0.717) is 18.8 Å². The van der Waals surface area contributed by atoms with Gasteiger partial charge in [-0.15, -0.1) is 0 Å². The van der Waals surface area contributed by atoms with Crippen LogP contribution in [-0.4, -0.2) is 15.7 Å². The minimum absolute atomic E-state index is 0.0269. The van der Waals surface area contributed by atoms with Crippen LogP contribution < -0.4 is 0 Å². The predicted molar refractivity (Wildman–Crippen MR) is 61.6 cm³/mol. The highest BCUT2D eigenvalue weighted by atomic mass is 79.9. The van der Waals surface area contributed by atoms with Gasteiger partial charge < -0.3 is 0 Å². The van der Waals surface area contributed by atoms with Crippen molar-refractivity contribution in [2.75, 3.05) is 0 Å². The number of aromatic nitrogens is 2. The largest absolute Gasteiger partial charge is 0.268 e. The molecule has 0 aliphatic heterocycles. The summed E-state index contributed by atoms with van der Waals surface area (Å²) in [6.45, 7) is 2.74. The van der Waals surface area contributed by atoms with Crippen LogP contribution in [0.25, 0.3) is 0 Å². The molecule has 1 aliphatic carbocycles. The summed E-state index contributed by atoms with van der Waals surface area (Å²) in [7, 11) is 0. The zero-order chi connectivity index (χ0) is 11.8. The summed E-state index contributed by atoms with van der Waals surface area (Å²) in [5, 5.41) is 4.23. The lowest BCUT2D eigenvalue weighted by atomic mass is 9.87. The van der Waals surface area contributed by atoms with Crippen molar-refractivity contribution in [3.05, 3.63) is 16.4 Å². The predicted octanol–water partition coefficient (Wildman–Crippen LogP) is 3.78. The van der Waals surface area contributed by atoms with E-state index >= 15 is 0 Å². The lowest BCUT2D eigenvalue weighted by Gasteiger charge is -2.28. The van der Waals surface area contributed by atoms with Gasteiger partial charge in [-0.2, -0.15) is 5.10 Å². The molecule has 1 heterocycles. The van der Waals surface area contributed by atoms with E-state index in [4.69, 9.17) is 0 Å². The molecule has 0 atom stereocenters. The SMILES string of the molecule is Cc1c(Br)cnn1CC1CCC(F)(F)CC1. The number of hydrogen-bond acceptors (Lipinski definition) is 1. The van der Waals surface area contributed by atoms with Crippen LogP contribution in [0.3, 0.4) is 0 Å². The molecule has 1 aliphatic rings. The van der Waals surface area contributed by atoms with E-state index in [9.17, 15) is 8.78 Å². The molecule has 16 heavy (non-hydrogen) atoms. The second kappa shape index (κ2) is 4.43. The van der Waals surface area contributed by atoms with Crippen molar-refractivity contribution in [3.63, 3.8) is 0 Å². The molecule has 0 bridgehead atoms. The van der Waals surface area contributed by atoms with Gasteiger partial charge in [-0.1, -0.05) is 0 Å². The average Bonchev–Trinajstić information content (AvgIpc) is 2.53. The molecule has 5 heteroatoms.